The molecule has 1 aliphatic heterocycles. The molecule has 0 bridgehead atoms. The minimum Gasteiger partial charge on any atom is -0.392 e. The molecule has 1 unspecified atom stereocenters. The molecule has 5 aromatic rings. The van der Waals surface area contributed by atoms with Crippen molar-refractivity contribution in [3.8, 4) is 0 Å². The lowest BCUT2D eigenvalue weighted by Crippen LogP contribution is -2.47. The zero-order chi connectivity index (χ0) is 35.6. The lowest BCUT2D eigenvalue weighted by Gasteiger charge is -2.36. The summed E-state index contributed by atoms with van der Waals surface area (Å²) in [6.45, 7) is 2.06. The molecule has 3 N–H and O–H groups in total. The first-order valence-corrected chi connectivity index (χ1v) is 19.3. The van der Waals surface area contributed by atoms with E-state index in [0.29, 0.717) is 12.2 Å². The molecule has 1 saturated heterocycles. The number of rotatable bonds is 14. The Kier molecular flexibility index (Phi) is 12.3. The summed E-state index contributed by atoms with van der Waals surface area (Å²) in [5.41, 5.74) is 5.29. The van der Waals surface area contributed by atoms with Gasteiger partial charge in [-0.05, 0) is 59.9 Å². The molecule has 0 aliphatic carbocycles. The summed E-state index contributed by atoms with van der Waals surface area (Å²) < 4.78 is 42.1. The van der Waals surface area contributed by atoms with Gasteiger partial charge in [-0.25, -0.2) is 13.4 Å². The van der Waals surface area contributed by atoms with Gasteiger partial charge in [-0.15, -0.1) is 11.8 Å². The van der Waals surface area contributed by atoms with Crippen LogP contribution in [0.3, 0.4) is 0 Å². The van der Waals surface area contributed by atoms with Gasteiger partial charge in [0.05, 0.1) is 28.7 Å². The minimum absolute atomic E-state index is 0.0234. The van der Waals surface area contributed by atoms with Gasteiger partial charge in [0.1, 0.15) is 6.04 Å². The topological polar surface area (TPSA) is 127 Å². The van der Waals surface area contributed by atoms with Crippen molar-refractivity contribution in [2.75, 3.05) is 5.75 Å². The fourth-order valence-electron chi connectivity index (χ4n) is 5.75. The van der Waals surface area contributed by atoms with E-state index in [1.165, 1.54) is 12.1 Å². The number of benzene rings is 4. The normalized spacial score (nSPS) is 18.2. The number of nitrogens with one attached hydrogen (secondary N) is 2. The van der Waals surface area contributed by atoms with Gasteiger partial charge in [0, 0.05) is 30.5 Å². The van der Waals surface area contributed by atoms with Crippen LogP contribution in [0.15, 0.2) is 137 Å². The largest absolute Gasteiger partial charge is 0.392 e. The van der Waals surface area contributed by atoms with Crippen LogP contribution >= 0.6 is 11.8 Å². The lowest BCUT2D eigenvalue weighted by molar-refractivity contribution is -0.245. The van der Waals surface area contributed by atoms with E-state index in [1.807, 2.05) is 104 Å². The Bertz CT molecular complexity index is 1960. The molecule has 51 heavy (non-hydrogen) atoms. The maximum Gasteiger partial charge on any atom is 0.241 e. The highest BCUT2D eigenvalue weighted by Crippen LogP contribution is 2.39. The molecule has 2 heterocycles. The molecule has 6 rings (SSSR count). The van der Waals surface area contributed by atoms with Crippen LogP contribution in [-0.2, 0) is 43.9 Å². The maximum atomic E-state index is 13.5. The first kappa shape index (κ1) is 36.4. The van der Waals surface area contributed by atoms with Crippen LogP contribution in [0.4, 0.5) is 0 Å². The number of aliphatic hydroxyl groups is 1. The fraction of sp³-hybridized carbons (Fsp3) is 0.250. The predicted molar refractivity (Wildman–Crippen MR) is 197 cm³/mol. The number of aromatic nitrogens is 1. The number of carbonyl (C=O) groups excluding carboxylic acids is 1. The Morgan fingerprint density at radius 3 is 2.22 bits per heavy atom. The lowest BCUT2D eigenvalue weighted by atomic mass is 10.0. The molecule has 1 aromatic heterocycles. The van der Waals surface area contributed by atoms with Crippen LogP contribution in [0.1, 0.15) is 52.2 Å². The zero-order valence-electron chi connectivity index (χ0n) is 28.2. The SMILES string of the molecule is Cc1ccc(S(=O)(=O)N[C@H](Cc2ccccc2)C(=O)NCc2ccc(C3O[C@H](CSc4ccccn4)C[C@H](c4ccc(CO)cc4)O3)cc2)cc1. The average molecular weight is 724 g/mol. The number of thioether (sulfide) groups is 1. The number of sulfonamides is 1. The fourth-order valence-corrected chi connectivity index (χ4v) is 7.83. The Morgan fingerprint density at radius 2 is 1.53 bits per heavy atom. The van der Waals surface area contributed by atoms with Crippen LogP contribution < -0.4 is 10.0 Å². The van der Waals surface area contributed by atoms with E-state index in [1.54, 1.807) is 30.1 Å². The Hall–Kier alpha value is -4.36. The third-order valence-electron chi connectivity index (χ3n) is 8.62. The van der Waals surface area contributed by atoms with Crippen molar-refractivity contribution in [1.82, 2.24) is 15.0 Å². The van der Waals surface area contributed by atoms with Crippen LogP contribution in [0.5, 0.6) is 0 Å². The number of aliphatic hydroxyl groups excluding tert-OH is 1. The third kappa shape index (κ3) is 10.1. The van der Waals surface area contributed by atoms with Gasteiger partial charge < -0.3 is 19.9 Å². The van der Waals surface area contributed by atoms with Gasteiger partial charge in [0.2, 0.25) is 15.9 Å². The number of pyridine rings is 1. The van der Waals surface area contributed by atoms with Gasteiger partial charge in [0.25, 0.3) is 0 Å². The van der Waals surface area contributed by atoms with E-state index in [2.05, 4.69) is 15.0 Å². The monoisotopic (exact) mass is 723 g/mol. The van der Waals surface area contributed by atoms with Crippen LogP contribution in [0, 0.1) is 6.92 Å². The molecular formula is C40H41N3O6S2. The molecule has 1 fully saturated rings. The molecule has 4 aromatic carbocycles. The average Bonchev–Trinajstić information content (AvgIpc) is 3.17. The van der Waals surface area contributed by atoms with E-state index >= 15 is 0 Å². The first-order chi connectivity index (χ1) is 24.8. The second-order valence-electron chi connectivity index (χ2n) is 12.5. The number of carbonyl (C=O) groups is 1. The van der Waals surface area contributed by atoms with Crippen molar-refractivity contribution in [2.24, 2.45) is 0 Å². The second-order valence-corrected chi connectivity index (χ2v) is 15.2. The predicted octanol–water partition coefficient (Wildman–Crippen LogP) is 6.43. The summed E-state index contributed by atoms with van der Waals surface area (Å²) in [6.07, 6.45) is 1.69. The highest BCUT2D eigenvalue weighted by molar-refractivity contribution is 7.99. The van der Waals surface area contributed by atoms with Crippen molar-refractivity contribution in [3.05, 3.63) is 161 Å². The van der Waals surface area contributed by atoms with E-state index in [9.17, 15) is 18.3 Å². The van der Waals surface area contributed by atoms with Crippen molar-refractivity contribution in [2.45, 2.75) is 67.4 Å². The highest BCUT2D eigenvalue weighted by atomic mass is 32.2. The van der Waals surface area contributed by atoms with Crippen LogP contribution in [0.25, 0.3) is 0 Å². The number of amides is 1. The van der Waals surface area contributed by atoms with Gasteiger partial charge in [0.15, 0.2) is 6.29 Å². The molecule has 4 atom stereocenters. The Labute approximate surface area is 303 Å². The van der Waals surface area contributed by atoms with Gasteiger partial charge >= 0.3 is 0 Å². The summed E-state index contributed by atoms with van der Waals surface area (Å²) >= 11 is 1.64. The van der Waals surface area contributed by atoms with Crippen molar-refractivity contribution in [1.29, 1.82) is 0 Å². The van der Waals surface area contributed by atoms with Crippen molar-refractivity contribution >= 4 is 27.7 Å². The third-order valence-corrected chi connectivity index (χ3v) is 11.2. The minimum atomic E-state index is -3.95. The molecule has 1 amide bonds. The van der Waals surface area contributed by atoms with Gasteiger partial charge in [-0.1, -0.05) is 103 Å². The Balaban J connectivity index is 1.13. The van der Waals surface area contributed by atoms with Crippen molar-refractivity contribution < 1.29 is 27.8 Å². The molecule has 1 aliphatic rings. The molecule has 11 heteroatoms. The van der Waals surface area contributed by atoms with E-state index in [-0.39, 0.29) is 36.7 Å². The smallest absolute Gasteiger partial charge is 0.241 e. The summed E-state index contributed by atoms with van der Waals surface area (Å²) in [4.78, 5) is 18.0. The molecule has 264 valence electrons. The molecule has 0 spiro atoms. The van der Waals surface area contributed by atoms with E-state index < -0.39 is 28.3 Å². The zero-order valence-corrected chi connectivity index (χ0v) is 29.9. The summed E-state index contributed by atoms with van der Waals surface area (Å²) in [5, 5.41) is 13.4. The second kappa shape index (κ2) is 17.2. The number of nitrogens with zero attached hydrogens (tertiary/aromatic N) is 1. The van der Waals surface area contributed by atoms with Crippen LogP contribution in [-0.4, -0.2) is 42.3 Å². The number of hydrogen-bond donors (Lipinski definition) is 3. The number of hydrogen-bond acceptors (Lipinski definition) is 8. The maximum absolute atomic E-state index is 13.5. The highest BCUT2D eigenvalue weighted by Gasteiger charge is 2.32. The first-order valence-electron chi connectivity index (χ1n) is 16.8. The number of ether oxygens (including phenoxy) is 2. The molecular weight excluding hydrogens is 683 g/mol. The Morgan fingerprint density at radius 1 is 0.843 bits per heavy atom. The molecule has 9 nitrogen and oxygen atoms in total. The van der Waals surface area contributed by atoms with Gasteiger partial charge in [-0.3, -0.25) is 4.79 Å². The van der Waals surface area contributed by atoms with Crippen LogP contribution in [0.2, 0.25) is 0 Å². The van der Waals surface area contributed by atoms with Gasteiger partial charge in [-0.2, -0.15) is 4.72 Å². The quantitative estimate of drug-likeness (QED) is 0.112. The number of aryl methyl sites for hydroxylation is 1. The summed E-state index contributed by atoms with van der Waals surface area (Å²) in [6, 6.07) is 36.1. The summed E-state index contributed by atoms with van der Waals surface area (Å²) in [7, 11) is -3.95. The van der Waals surface area contributed by atoms with E-state index in [4.69, 9.17) is 9.47 Å². The summed E-state index contributed by atoms with van der Waals surface area (Å²) in [5.74, 6) is 0.269. The molecule has 0 radical (unpaired) electrons. The standard InChI is InChI=1S/C40H41N3O6S2/c1-28-10-20-35(21-11-28)51(46,47)43-36(23-29-7-3-2-4-8-29)39(45)42-25-30-12-18-33(19-13-30)40-48-34(27-50-38-9-5-6-22-41-38)24-37(49-40)32-16-14-31(26-44)15-17-32/h2-22,34,36-37,40,43-44H,23-27H2,1H3,(H,42,45)/t34-,36+,37+,40?/m0/s1. The van der Waals surface area contributed by atoms with E-state index in [0.717, 1.165) is 38.4 Å². The van der Waals surface area contributed by atoms with Crippen molar-refractivity contribution in [3.63, 3.8) is 0 Å². The molecule has 0 saturated carbocycles.